The maximum atomic E-state index is 12.3. The smallest absolute Gasteiger partial charge is 0.231 e. The molecule has 0 radical (unpaired) electrons. The molecule has 1 aliphatic heterocycles. The summed E-state index contributed by atoms with van der Waals surface area (Å²) in [5.74, 6) is 0.525. The van der Waals surface area contributed by atoms with Crippen LogP contribution in [0.5, 0.6) is 11.5 Å². The summed E-state index contributed by atoms with van der Waals surface area (Å²) in [5.41, 5.74) is 2.51. The third-order valence-corrected chi connectivity index (χ3v) is 5.21. The summed E-state index contributed by atoms with van der Waals surface area (Å²) in [6.45, 7) is 2.50. The molecule has 6 nitrogen and oxygen atoms in total. The van der Waals surface area contributed by atoms with Crippen molar-refractivity contribution in [3.63, 3.8) is 0 Å². The van der Waals surface area contributed by atoms with Gasteiger partial charge in [-0.25, -0.2) is 0 Å². The summed E-state index contributed by atoms with van der Waals surface area (Å²) >= 11 is 6.07. The van der Waals surface area contributed by atoms with Gasteiger partial charge in [0, 0.05) is 17.3 Å². The molecule has 1 saturated carbocycles. The van der Waals surface area contributed by atoms with Crippen LogP contribution in [0.25, 0.3) is 0 Å². The van der Waals surface area contributed by atoms with Crippen molar-refractivity contribution >= 4 is 29.1 Å². The molecule has 4 rings (SSSR count). The molecule has 0 bridgehead atoms. The minimum atomic E-state index is -0.304. The lowest BCUT2D eigenvalue weighted by atomic mass is 10.2. The summed E-state index contributed by atoms with van der Waals surface area (Å²) in [6, 6.07) is 10.9. The van der Waals surface area contributed by atoms with E-state index >= 15 is 0 Å². The first-order chi connectivity index (χ1) is 13.0. The van der Waals surface area contributed by atoms with Crippen LogP contribution >= 0.6 is 11.6 Å². The molecule has 2 amide bonds. The lowest BCUT2D eigenvalue weighted by molar-refractivity contribution is -0.125. The maximum absolute atomic E-state index is 12.3. The van der Waals surface area contributed by atoms with Crippen LogP contribution in [0, 0.1) is 18.8 Å². The largest absolute Gasteiger partial charge is 0.454 e. The first kappa shape index (κ1) is 17.7. The van der Waals surface area contributed by atoms with E-state index in [1.807, 2.05) is 31.2 Å². The summed E-state index contributed by atoms with van der Waals surface area (Å²) < 4.78 is 10.6. The lowest BCUT2D eigenvalue weighted by Gasteiger charge is -2.08. The van der Waals surface area contributed by atoms with Crippen LogP contribution in [-0.2, 0) is 16.1 Å². The number of rotatable bonds is 5. The number of fused-ring (bicyclic) bond motifs is 1. The Kier molecular flexibility index (Phi) is 4.66. The number of nitrogens with one attached hydrogen (secondary N) is 2. The van der Waals surface area contributed by atoms with Crippen molar-refractivity contribution in [3.8, 4) is 11.5 Å². The van der Waals surface area contributed by atoms with E-state index in [9.17, 15) is 9.59 Å². The normalized spacial score (nSPS) is 19.5. The second-order valence-corrected chi connectivity index (χ2v) is 7.21. The van der Waals surface area contributed by atoms with Crippen molar-refractivity contribution in [1.29, 1.82) is 0 Å². The van der Waals surface area contributed by atoms with Gasteiger partial charge in [0.1, 0.15) is 0 Å². The minimum Gasteiger partial charge on any atom is -0.454 e. The number of hydrogen-bond acceptors (Lipinski definition) is 4. The zero-order valence-corrected chi connectivity index (χ0v) is 15.5. The van der Waals surface area contributed by atoms with Gasteiger partial charge in [0.05, 0.1) is 11.8 Å². The molecule has 2 atom stereocenters. The highest BCUT2D eigenvalue weighted by molar-refractivity contribution is 6.31. The maximum Gasteiger partial charge on any atom is 0.231 e. The van der Waals surface area contributed by atoms with E-state index in [1.165, 1.54) is 0 Å². The predicted octanol–water partition coefficient (Wildman–Crippen LogP) is 3.27. The van der Waals surface area contributed by atoms with Crippen LogP contribution in [0.2, 0.25) is 5.02 Å². The SMILES string of the molecule is Cc1ccc(NC(=O)C2CC2C(=O)NCc2ccc3c(c2)OCO3)cc1Cl. The zero-order chi connectivity index (χ0) is 19.0. The Hall–Kier alpha value is -2.73. The van der Waals surface area contributed by atoms with E-state index in [0.717, 1.165) is 11.1 Å². The predicted molar refractivity (Wildman–Crippen MR) is 101 cm³/mol. The van der Waals surface area contributed by atoms with Crippen LogP contribution < -0.4 is 20.1 Å². The fraction of sp³-hybridized carbons (Fsp3) is 0.300. The standard InChI is InChI=1S/C20H19ClN2O4/c1-11-2-4-13(7-16(11)21)23-20(25)15-8-14(15)19(24)22-9-12-3-5-17-18(6-12)27-10-26-17/h2-7,14-15H,8-10H2,1H3,(H,22,24)(H,23,25). The van der Waals surface area contributed by atoms with Gasteiger partial charge < -0.3 is 20.1 Å². The van der Waals surface area contributed by atoms with E-state index in [1.54, 1.807) is 12.1 Å². The first-order valence-corrected chi connectivity index (χ1v) is 9.12. The van der Waals surface area contributed by atoms with E-state index in [2.05, 4.69) is 10.6 Å². The average Bonchev–Trinajstić information content (AvgIpc) is 3.33. The monoisotopic (exact) mass is 386 g/mol. The molecule has 0 saturated heterocycles. The lowest BCUT2D eigenvalue weighted by Crippen LogP contribution is -2.27. The highest BCUT2D eigenvalue weighted by Gasteiger charge is 2.47. The van der Waals surface area contributed by atoms with Crippen molar-refractivity contribution < 1.29 is 19.1 Å². The molecule has 27 heavy (non-hydrogen) atoms. The molecule has 1 aliphatic carbocycles. The number of halogens is 1. The van der Waals surface area contributed by atoms with Crippen molar-refractivity contribution in [3.05, 3.63) is 52.5 Å². The molecule has 2 aromatic carbocycles. The third kappa shape index (κ3) is 3.85. The third-order valence-electron chi connectivity index (χ3n) is 4.81. The van der Waals surface area contributed by atoms with Gasteiger partial charge in [-0.1, -0.05) is 23.7 Å². The van der Waals surface area contributed by atoms with Crippen LogP contribution in [0.4, 0.5) is 5.69 Å². The Bertz CT molecular complexity index is 915. The van der Waals surface area contributed by atoms with Gasteiger partial charge in [-0.15, -0.1) is 0 Å². The van der Waals surface area contributed by atoms with Gasteiger partial charge >= 0.3 is 0 Å². The van der Waals surface area contributed by atoms with Crippen molar-refractivity contribution in [1.82, 2.24) is 5.32 Å². The summed E-state index contributed by atoms with van der Waals surface area (Å²) in [6.07, 6.45) is 0.554. The van der Waals surface area contributed by atoms with Crippen LogP contribution in [0.1, 0.15) is 17.5 Å². The number of benzene rings is 2. The second kappa shape index (κ2) is 7.12. The Morgan fingerprint density at radius 1 is 1.07 bits per heavy atom. The number of carbonyl (C=O) groups excluding carboxylic acids is 2. The number of amides is 2. The van der Waals surface area contributed by atoms with Crippen molar-refractivity contribution in [2.75, 3.05) is 12.1 Å². The average molecular weight is 387 g/mol. The highest BCUT2D eigenvalue weighted by Crippen LogP contribution is 2.40. The Balaban J connectivity index is 1.28. The first-order valence-electron chi connectivity index (χ1n) is 8.74. The van der Waals surface area contributed by atoms with Gasteiger partial charge in [0.2, 0.25) is 18.6 Å². The Morgan fingerprint density at radius 2 is 1.85 bits per heavy atom. The van der Waals surface area contributed by atoms with E-state index in [-0.39, 0.29) is 30.4 Å². The highest BCUT2D eigenvalue weighted by atomic mass is 35.5. The number of ether oxygens (including phenoxy) is 2. The van der Waals surface area contributed by atoms with Crippen molar-refractivity contribution in [2.24, 2.45) is 11.8 Å². The van der Waals surface area contributed by atoms with Crippen LogP contribution in [0.15, 0.2) is 36.4 Å². The zero-order valence-electron chi connectivity index (χ0n) is 14.8. The van der Waals surface area contributed by atoms with E-state index < -0.39 is 0 Å². The molecular weight excluding hydrogens is 368 g/mol. The number of hydrogen-bond donors (Lipinski definition) is 2. The number of aryl methyl sites for hydroxylation is 1. The van der Waals surface area contributed by atoms with Gasteiger partial charge in [-0.05, 0) is 48.7 Å². The summed E-state index contributed by atoms with van der Waals surface area (Å²) in [5, 5.41) is 6.30. The Labute approximate surface area is 161 Å². The molecule has 0 aromatic heterocycles. The number of carbonyl (C=O) groups is 2. The van der Waals surface area contributed by atoms with Gasteiger partial charge in [-0.2, -0.15) is 0 Å². The minimum absolute atomic E-state index is 0.116. The second-order valence-electron chi connectivity index (χ2n) is 6.81. The fourth-order valence-electron chi connectivity index (χ4n) is 3.05. The number of anilines is 1. The summed E-state index contributed by atoms with van der Waals surface area (Å²) in [7, 11) is 0. The van der Waals surface area contributed by atoms with Gasteiger partial charge in [0.25, 0.3) is 0 Å². The summed E-state index contributed by atoms with van der Waals surface area (Å²) in [4.78, 5) is 24.6. The Morgan fingerprint density at radius 3 is 2.67 bits per heavy atom. The van der Waals surface area contributed by atoms with E-state index in [4.69, 9.17) is 21.1 Å². The molecule has 2 aromatic rings. The molecule has 7 heteroatoms. The molecule has 2 aliphatic rings. The quantitative estimate of drug-likeness (QED) is 0.826. The van der Waals surface area contributed by atoms with Gasteiger partial charge in [0.15, 0.2) is 11.5 Å². The molecule has 2 N–H and O–H groups in total. The molecule has 0 spiro atoms. The van der Waals surface area contributed by atoms with Gasteiger partial charge in [-0.3, -0.25) is 9.59 Å². The fourth-order valence-corrected chi connectivity index (χ4v) is 3.23. The molecule has 2 unspecified atom stereocenters. The molecule has 140 valence electrons. The molecule has 1 fully saturated rings. The molecular formula is C20H19ClN2O4. The van der Waals surface area contributed by atoms with Crippen LogP contribution in [-0.4, -0.2) is 18.6 Å². The van der Waals surface area contributed by atoms with E-state index in [0.29, 0.717) is 35.2 Å². The van der Waals surface area contributed by atoms with Crippen molar-refractivity contribution in [2.45, 2.75) is 19.9 Å². The topological polar surface area (TPSA) is 76.7 Å². The molecule has 1 heterocycles. The van der Waals surface area contributed by atoms with Crippen LogP contribution in [0.3, 0.4) is 0 Å².